The van der Waals surface area contributed by atoms with Crippen LogP contribution in [0.15, 0.2) is 24.3 Å². The first-order valence-electron chi connectivity index (χ1n) is 6.99. The molecule has 1 aromatic carbocycles. The van der Waals surface area contributed by atoms with Crippen LogP contribution in [0.2, 0.25) is 0 Å². The summed E-state index contributed by atoms with van der Waals surface area (Å²) in [5.74, 6) is -1.09. The Kier molecular flexibility index (Phi) is 4.58. The zero-order valence-electron chi connectivity index (χ0n) is 11.5. The number of hydrogen-bond acceptors (Lipinski definition) is 2. The summed E-state index contributed by atoms with van der Waals surface area (Å²) >= 11 is 0. The van der Waals surface area contributed by atoms with Gasteiger partial charge in [-0.05, 0) is 37.5 Å². The van der Waals surface area contributed by atoms with E-state index < -0.39 is 18.1 Å². The lowest BCUT2D eigenvalue weighted by atomic mass is 9.83. The van der Waals surface area contributed by atoms with Gasteiger partial charge in [-0.2, -0.15) is 13.2 Å². The molecule has 0 aliphatic heterocycles. The van der Waals surface area contributed by atoms with Crippen molar-refractivity contribution >= 4 is 0 Å². The van der Waals surface area contributed by atoms with E-state index in [-0.39, 0.29) is 18.2 Å². The Bertz CT molecular complexity index is 430. The quantitative estimate of drug-likeness (QED) is 0.874. The van der Waals surface area contributed by atoms with Gasteiger partial charge in [0, 0.05) is 12.1 Å². The van der Waals surface area contributed by atoms with E-state index in [1.807, 2.05) is 6.92 Å². The van der Waals surface area contributed by atoms with Gasteiger partial charge in [0.2, 0.25) is 0 Å². The summed E-state index contributed by atoms with van der Waals surface area (Å²) in [4.78, 5) is 0. The second-order valence-electron chi connectivity index (χ2n) is 5.52. The van der Waals surface area contributed by atoms with Crippen LogP contribution in [-0.2, 0) is 0 Å². The highest BCUT2D eigenvalue weighted by Crippen LogP contribution is 2.38. The van der Waals surface area contributed by atoms with Gasteiger partial charge in [-0.25, -0.2) is 0 Å². The molecule has 1 aliphatic carbocycles. The Hall–Kier alpha value is -1.23. The van der Waals surface area contributed by atoms with Gasteiger partial charge in [-0.15, -0.1) is 0 Å². The van der Waals surface area contributed by atoms with Crippen molar-refractivity contribution in [2.24, 2.45) is 5.92 Å². The first-order valence-corrected chi connectivity index (χ1v) is 6.99. The lowest BCUT2D eigenvalue weighted by Crippen LogP contribution is -2.46. The highest BCUT2D eigenvalue weighted by molar-refractivity contribution is 5.27. The Labute approximate surface area is 117 Å². The minimum atomic E-state index is -4.13. The summed E-state index contributed by atoms with van der Waals surface area (Å²) in [6.45, 7) is 1.86. The Morgan fingerprint density at radius 1 is 1.15 bits per heavy atom. The van der Waals surface area contributed by atoms with Gasteiger partial charge in [-0.3, -0.25) is 0 Å². The van der Waals surface area contributed by atoms with Crippen LogP contribution in [0, 0.1) is 5.92 Å². The molecule has 0 amide bonds. The molecule has 1 saturated carbocycles. The number of phenolic OH excluding ortho intramolecular Hbond substituents is 1. The number of alkyl halides is 3. The first-order chi connectivity index (χ1) is 9.38. The maximum absolute atomic E-state index is 13.0. The van der Waals surface area contributed by atoms with Crippen molar-refractivity contribution in [2.75, 3.05) is 0 Å². The van der Waals surface area contributed by atoms with Crippen LogP contribution in [0.5, 0.6) is 5.75 Å². The monoisotopic (exact) mass is 287 g/mol. The topological polar surface area (TPSA) is 32.3 Å². The van der Waals surface area contributed by atoms with Gasteiger partial charge in [0.1, 0.15) is 5.75 Å². The fourth-order valence-electron chi connectivity index (χ4n) is 2.90. The molecule has 0 saturated heterocycles. The minimum Gasteiger partial charge on any atom is -0.508 e. The molecule has 1 aromatic rings. The van der Waals surface area contributed by atoms with Crippen LogP contribution in [0.4, 0.5) is 13.2 Å². The fourth-order valence-corrected chi connectivity index (χ4v) is 2.90. The van der Waals surface area contributed by atoms with E-state index in [1.54, 1.807) is 24.3 Å². The highest BCUT2D eigenvalue weighted by Gasteiger charge is 2.45. The second-order valence-corrected chi connectivity index (χ2v) is 5.52. The third-order valence-electron chi connectivity index (χ3n) is 4.04. The van der Waals surface area contributed by atoms with E-state index in [4.69, 9.17) is 0 Å². The third kappa shape index (κ3) is 3.66. The average Bonchev–Trinajstić information content (AvgIpc) is 2.38. The van der Waals surface area contributed by atoms with Gasteiger partial charge in [0.15, 0.2) is 0 Å². The summed E-state index contributed by atoms with van der Waals surface area (Å²) in [6.07, 6.45) is -1.87. The van der Waals surface area contributed by atoms with Gasteiger partial charge < -0.3 is 10.4 Å². The van der Waals surface area contributed by atoms with E-state index in [0.29, 0.717) is 12.8 Å². The Morgan fingerprint density at radius 3 is 2.35 bits per heavy atom. The van der Waals surface area contributed by atoms with Crippen LogP contribution in [0.25, 0.3) is 0 Å². The first kappa shape index (κ1) is 15.2. The third-order valence-corrected chi connectivity index (χ3v) is 4.04. The standard InChI is InChI=1S/C15H20F3NO/c1-10(11-6-8-12(20)9-7-11)19-14-5-3-2-4-13(14)15(16,17)18/h6-10,13-14,19-20H,2-5H2,1H3. The minimum absolute atomic E-state index is 0.159. The number of phenols is 1. The molecule has 2 nitrogen and oxygen atoms in total. The number of nitrogens with one attached hydrogen (secondary N) is 1. The van der Waals surface area contributed by atoms with Crippen molar-refractivity contribution in [1.29, 1.82) is 0 Å². The number of aromatic hydroxyl groups is 1. The molecule has 20 heavy (non-hydrogen) atoms. The number of rotatable bonds is 3. The molecule has 2 rings (SSSR count). The molecule has 112 valence electrons. The van der Waals surface area contributed by atoms with Crippen molar-refractivity contribution < 1.29 is 18.3 Å². The Balaban J connectivity index is 2.05. The number of hydrogen-bond donors (Lipinski definition) is 2. The summed E-state index contributed by atoms with van der Waals surface area (Å²) in [6, 6.07) is 5.89. The van der Waals surface area contributed by atoms with E-state index in [1.165, 1.54) is 0 Å². The highest BCUT2D eigenvalue weighted by atomic mass is 19.4. The molecular formula is C15H20F3NO. The zero-order chi connectivity index (χ0) is 14.8. The molecule has 1 fully saturated rings. The summed E-state index contributed by atoms with van der Waals surface area (Å²) in [5.41, 5.74) is 0.884. The molecule has 0 radical (unpaired) electrons. The fraction of sp³-hybridized carbons (Fsp3) is 0.600. The van der Waals surface area contributed by atoms with E-state index in [0.717, 1.165) is 12.0 Å². The molecule has 2 N–H and O–H groups in total. The predicted octanol–water partition coefficient (Wildman–Crippen LogP) is 4.16. The maximum atomic E-state index is 13.0. The van der Waals surface area contributed by atoms with Gasteiger partial charge >= 0.3 is 6.18 Å². The van der Waals surface area contributed by atoms with Crippen molar-refractivity contribution in [3.8, 4) is 5.75 Å². The van der Waals surface area contributed by atoms with Gasteiger partial charge in [-0.1, -0.05) is 25.0 Å². The average molecular weight is 287 g/mol. The summed E-state index contributed by atoms with van der Waals surface area (Å²) in [5, 5.41) is 12.3. The SMILES string of the molecule is CC(NC1CCCCC1C(F)(F)F)c1ccc(O)cc1. The number of benzene rings is 1. The Morgan fingerprint density at radius 2 is 1.75 bits per heavy atom. The largest absolute Gasteiger partial charge is 0.508 e. The van der Waals surface area contributed by atoms with Crippen LogP contribution in [-0.4, -0.2) is 17.3 Å². The normalized spacial score (nSPS) is 25.4. The molecule has 5 heteroatoms. The second kappa shape index (κ2) is 6.04. The van der Waals surface area contributed by atoms with Gasteiger partial charge in [0.25, 0.3) is 0 Å². The predicted molar refractivity (Wildman–Crippen MR) is 71.5 cm³/mol. The zero-order valence-corrected chi connectivity index (χ0v) is 11.5. The van der Waals surface area contributed by atoms with E-state index >= 15 is 0 Å². The van der Waals surface area contributed by atoms with Crippen LogP contribution in [0.3, 0.4) is 0 Å². The van der Waals surface area contributed by atoms with Crippen LogP contribution >= 0.6 is 0 Å². The summed E-state index contributed by atoms with van der Waals surface area (Å²) < 4.78 is 39.1. The molecule has 3 unspecified atom stereocenters. The summed E-state index contributed by atoms with van der Waals surface area (Å²) in [7, 11) is 0. The van der Waals surface area contributed by atoms with E-state index in [9.17, 15) is 18.3 Å². The molecule has 0 aromatic heterocycles. The smallest absolute Gasteiger partial charge is 0.393 e. The van der Waals surface area contributed by atoms with Crippen LogP contribution in [0.1, 0.15) is 44.2 Å². The molecule has 3 atom stereocenters. The molecule has 0 heterocycles. The van der Waals surface area contributed by atoms with Crippen molar-refractivity contribution in [3.63, 3.8) is 0 Å². The van der Waals surface area contributed by atoms with Crippen molar-refractivity contribution in [2.45, 2.75) is 50.9 Å². The van der Waals surface area contributed by atoms with Crippen molar-refractivity contribution in [3.05, 3.63) is 29.8 Å². The lowest BCUT2D eigenvalue weighted by molar-refractivity contribution is -0.189. The van der Waals surface area contributed by atoms with Crippen LogP contribution < -0.4 is 5.32 Å². The maximum Gasteiger partial charge on any atom is 0.393 e. The van der Waals surface area contributed by atoms with Gasteiger partial charge in [0.05, 0.1) is 5.92 Å². The molecule has 0 spiro atoms. The van der Waals surface area contributed by atoms with Crippen molar-refractivity contribution in [1.82, 2.24) is 5.32 Å². The molecular weight excluding hydrogens is 267 g/mol. The number of halogens is 3. The molecule has 1 aliphatic rings. The lowest BCUT2D eigenvalue weighted by Gasteiger charge is -2.35. The van der Waals surface area contributed by atoms with E-state index in [2.05, 4.69) is 5.32 Å². The molecule has 0 bridgehead atoms.